The minimum Gasteiger partial charge on any atom is -0.377 e. The Hall–Kier alpha value is -0.120. The standard InChI is InChI=1S/C12H28N2O/c1-10(2)13-9-12(5)14(6)7-8-15-11(3)4/h10-13H,7-9H2,1-6H3. The molecule has 1 N–H and O–H groups in total. The first-order valence-electron chi connectivity index (χ1n) is 5.98. The normalized spacial score (nSPS) is 14.2. The van der Waals surface area contributed by atoms with E-state index in [9.17, 15) is 0 Å². The lowest BCUT2D eigenvalue weighted by Gasteiger charge is -2.26. The summed E-state index contributed by atoms with van der Waals surface area (Å²) in [6.07, 6.45) is 0.336. The Balaban J connectivity index is 3.55. The van der Waals surface area contributed by atoms with Gasteiger partial charge in [0.05, 0.1) is 12.7 Å². The van der Waals surface area contributed by atoms with Crippen molar-refractivity contribution < 1.29 is 4.74 Å². The predicted octanol–water partition coefficient (Wildman–Crippen LogP) is 1.73. The fraction of sp³-hybridized carbons (Fsp3) is 1.00. The molecule has 0 aromatic rings. The van der Waals surface area contributed by atoms with Gasteiger partial charge in [0.15, 0.2) is 0 Å². The molecule has 15 heavy (non-hydrogen) atoms. The Morgan fingerprint density at radius 2 is 1.73 bits per heavy atom. The maximum Gasteiger partial charge on any atom is 0.0596 e. The van der Waals surface area contributed by atoms with Gasteiger partial charge in [-0.05, 0) is 27.8 Å². The van der Waals surface area contributed by atoms with Gasteiger partial charge in [0.2, 0.25) is 0 Å². The van der Waals surface area contributed by atoms with Crippen LogP contribution in [-0.2, 0) is 4.74 Å². The zero-order chi connectivity index (χ0) is 11.8. The summed E-state index contributed by atoms with van der Waals surface area (Å²) in [6.45, 7) is 13.6. The van der Waals surface area contributed by atoms with Crippen molar-refractivity contribution in [1.82, 2.24) is 10.2 Å². The van der Waals surface area contributed by atoms with Crippen LogP contribution in [-0.4, -0.2) is 49.8 Å². The SMILES string of the molecule is CC(C)NCC(C)N(C)CCOC(C)C. The zero-order valence-electron chi connectivity index (χ0n) is 11.2. The van der Waals surface area contributed by atoms with Gasteiger partial charge in [-0.25, -0.2) is 0 Å². The van der Waals surface area contributed by atoms with Crippen LogP contribution >= 0.6 is 0 Å². The second kappa shape index (κ2) is 8.08. The van der Waals surface area contributed by atoms with Crippen molar-refractivity contribution >= 4 is 0 Å². The fourth-order valence-corrected chi connectivity index (χ4v) is 1.21. The molecule has 0 spiro atoms. The summed E-state index contributed by atoms with van der Waals surface area (Å²) in [5, 5.41) is 3.44. The molecule has 0 heterocycles. The van der Waals surface area contributed by atoms with E-state index in [1.54, 1.807) is 0 Å². The molecule has 0 saturated heterocycles. The Morgan fingerprint density at radius 1 is 1.13 bits per heavy atom. The van der Waals surface area contributed by atoms with E-state index in [0.717, 1.165) is 19.7 Å². The van der Waals surface area contributed by atoms with E-state index < -0.39 is 0 Å². The average molecular weight is 216 g/mol. The van der Waals surface area contributed by atoms with Crippen molar-refractivity contribution in [3.63, 3.8) is 0 Å². The number of nitrogens with zero attached hydrogens (tertiary/aromatic N) is 1. The summed E-state index contributed by atoms with van der Waals surface area (Å²) in [7, 11) is 2.15. The molecule has 0 aromatic carbocycles. The van der Waals surface area contributed by atoms with Crippen LogP contribution in [0.3, 0.4) is 0 Å². The highest BCUT2D eigenvalue weighted by Crippen LogP contribution is 1.96. The number of likely N-dealkylation sites (N-methyl/N-ethyl adjacent to an activating group) is 1. The molecule has 1 atom stereocenters. The summed E-state index contributed by atoms with van der Waals surface area (Å²) in [4.78, 5) is 2.33. The number of ether oxygens (including phenoxy) is 1. The minimum absolute atomic E-state index is 0.336. The van der Waals surface area contributed by atoms with Crippen molar-refractivity contribution in [3.05, 3.63) is 0 Å². The molecule has 0 rings (SSSR count). The smallest absolute Gasteiger partial charge is 0.0596 e. The first-order chi connectivity index (χ1) is 6.93. The highest BCUT2D eigenvalue weighted by atomic mass is 16.5. The minimum atomic E-state index is 0.336. The highest BCUT2D eigenvalue weighted by Gasteiger charge is 2.09. The Morgan fingerprint density at radius 3 is 2.20 bits per heavy atom. The van der Waals surface area contributed by atoms with E-state index >= 15 is 0 Å². The molecule has 3 nitrogen and oxygen atoms in total. The fourth-order valence-electron chi connectivity index (χ4n) is 1.21. The molecule has 0 aliphatic rings. The van der Waals surface area contributed by atoms with Crippen LogP contribution in [0.5, 0.6) is 0 Å². The largest absolute Gasteiger partial charge is 0.377 e. The van der Waals surface area contributed by atoms with Crippen LogP contribution in [0.1, 0.15) is 34.6 Å². The van der Waals surface area contributed by atoms with E-state index in [2.05, 4.69) is 51.9 Å². The lowest BCUT2D eigenvalue weighted by atomic mass is 10.2. The van der Waals surface area contributed by atoms with Gasteiger partial charge < -0.3 is 15.0 Å². The van der Waals surface area contributed by atoms with Crippen LogP contribution in [0.25, 0.3) is 0 Å². The molecule has 3 heteroatoms. The number of hydrogen-bond acceptors (Lipinski definition) is 3. The van der Waals surface area contributed by atoms with Crippen LogP contribution in [0.2, 0.25) is 0 Å². The van der Waals surface area contributed by atoms with Gasteiger partial charge in [0.1, 0.15) is 0 Å². The van der Waals surface area contributed by atoms with Gasteiger partial charge in [-0.3, -0.25) is 0 Å². The number of rotatable bonds is 8. The number of nitrogens with one attached hydrogen (secondary N) is 1. The van der Waals surface area contributed by atoms with Gasteiger partial charge in [-0.1, -0.05) is 13.8 Å². The van der Waals surface area contributed by atoms with Crippen molar-refractivity contribution in [2.75, 3.05) is 26.7 Å². The highest BCUT2D eigenvalue weighted by molar-refractivity contribution is 4.67. The molecule has 0 saturated carbocycles. The second-order valence-corrected chi connectivity index (χ2v) is 4.81. The van der Waals surface area contributed by atoms with Crippen molar-refractivity contribution in [2.24, 2.45) is 0 Å². The Labute approximate surface area is 95.2 Å². The van der Waals surface area contributed by atoms with Crippen LogP contribution in [0.15, 0.2) is 0 Å². The summed E-state index contributed by atoms with van der Waals surface area (Å²) in [5.74, 6) is 0. The molecular weight excluding hydrogens is 188 g/mol. The third-order valence-corrected chi connectivity index (χ3v) is 2.47. The van der Waals surface area contributed by atoms with E-state index in [-0.39, 0.29) is 0 Å². The molecule has 0 radical (unpaired) electrons. The van der Waals surface area contributed by atoms with E-state index in [4.69, 9.17) is 4.74 Å². The van der Waals surface area contributed by atoms with E-state index in [1.807, 2.05) is 0 Å². The number of hydrogen-bond donors (Lipinski definition) is 1. The molecule has 0 aliphatic heterocycles. The van der Waals surface area contributed by atoms with Crippen molar-refractivity contribution in [1.29, 1.82) is 0 Å². The van der Waals surface area contributed by atoms with Gasteiger partial charge in [-0.2, -0.15) is 0 Å². The summed E-state index contributed by atoms with van der Waals surface area (Å²) in [6, 6.07) is 1.12. The molecule has 0 fully saturated rings. The molecule has 1 unspecified atom stereocenters. The van der Waals surface area contributed by atoms with Crippen LogP contribution < -0.4 is 5.32 Å². The molecule has 92 valence electrons. The van der Waals surface area contributed by atoms with Gasteiger partial charge in [0.25, 0.3) is 0 Å². The summed E-state index contributed by atoms with van der Waals surface area (Å²) < 4.78 is 5.53. The third kappa shape index (κ3) is 8.85. The monoisotopic (exact) mass is 216 g/mol. The average Bonchev–Trinajstić information content (AvgIpc) is 2.13. The maximum absolute atomic E-state index is 5.53. The molecule has 0 aromatic heterocycles. The van der Waals surface area contributed by atoms with Crippen molar-refractivity contribution in [2.45, 2.75) is 52.8 Å². The second-order valence-electron chi connectivity index (χ2n) is 4.81. The quantitative estimate of drug-likeness (QED) is 0.669. The first-order valence-corrected chi connectivity index (χ1v) is 5.98. The van der Waals surface area contributed by atoms with Crippen molar-refractivity contribution in [3.8, 4) is 0 Å². The lowest BCUT2D eigenvalue weighted by molar-refractivity contribution is 0.0572. The first kappa shape index (κ1) is 14.9. The Kier molecular flexibility index (Phi) is 8.02. The predicted molar refractivity (Wildman–Crippen MR) is 66.3 cm³/mol. The third-order valence-electron chi connectivity index (χ3n) is 2.47. The molecule has 0 aliphatic carbocycles. The van der Waals surface area contributed by atoms with E-state index in [0.29, 0.717) is 18.2 Å². The topological polar surface area (TPSA) is 24.5 Å². The molecular formula is C12H28N2O. The summed E-state index contributed by atoms with van der Waals surface area (Å²) in [5.41, 5.74) is 0. The van der Waals surface area contributed by atoms with Gasteiger partial charge in [0, 0.05) is 25.2 Å². The Bertz CT molecular complexity index is 149. The summed E-state index contributed by atoms with van der Waals surface area (Å²) >= 11 is 0. The van der Waals surface area contributed by atoms with Gasteiger partial charge in [-0.15, -0.1) is 0 Å². The van der Waals surface area contributed by atoms with Crippen LogP contribution in [0.4, 0.5) is 0 Å². The van der Waals surface area contributed by atoms with Crippen LogP contribution in [0, 0.1) is 0 Å². The molecule has 0 bridgehead atoms. The van der Waals surface area contributed by atoms with E-state index in [1.165, 1.54) is 0 Å². The lowest BCUT2D eigenvalue weighted by Crippen LogP contribution is -2.41. The van der Waals surface area contributed by atoms with Gasteiger partial charge >= 0.3 is 0 Å². The zero-order valence-corrected chi connectivity index (χ0v) is 11.2. The molecule has 0 amide bonds. The maximum atomic E-state index is 5.53.